The normalized spacial score (nSPS) is 9.43. The van der Waals surface area contributed by atoms with Gasteiger partial charge in [-0.25, -0.2) is 0 Å². The number of nitrogens with one attached hydrogen (secondary N) is 1. The molecule has 1 heterocycles. The largest absolute Gasteiger partial charge is 0.351 e. The summed E-state index contributed by atoms with van der Waals surface area (Å²) in [6.07, 6.45) is 5.96. The van der Waals surface area contributed by atoms with E-state index in [-0.39, 0.29) is 5.91 Å². The van der Waals surface area contributed by atoms with Gasteiger partial charge in [0.05, 0.1) is 10.3 Å². The summed E-state index contributed by atoms with van der Waals surface area (Å²) in [5, 5.41) is 2.80. The van der Waals surface area contributed by atoms with Crippen molar-refractivity contribution >= 4 is 33.2 Å². The SMILES string of the molecule is C#CCCC(=O)NCc1ccc(Br)s1. The van der Waals surface area contributed by atoms with Crippen molar-refractivity contribution in [2.45, 2.75) is 19.4 Å². The number of hydrogen-bond acceptors (Lipinski definition) is 2. The van der Waals surface area contributed by atoms with Crippen molar-refractivity contribution in [1.82, 2.24) is 5.32 Å². The molecule has 14 heavy (non-hydrogen) atoms. The minimum Gasteiger partial charge on any atom is -0.351 e. The molecule has 0 aliphatic rings. The topological polar surface area (TPSA) is 29.1 Å². The molecule has 1 aromatic heterocycles. The number of terminal acetylenes is 1. The van der Waals surface area contributed by atoms with E-state index in [1.165, 1.54) is 0 Å². The summed E-state index contributed by atoms with van der Waals surface area (Å²) in [5.74, 6) is 2.44. The van der Waals surface area contributed by atoms with Crippen molar-refractivity contribution in [3.8, 4) is 12.3 Å². The lowest BCUT2D eigenvalue weighted by Crippen LogP contribution is -2.21. The predicted molar refractivity (Wildman–Crippen MR) is 61.9 cm³/mol. The number of amides is 1. The van der Waals surface area contributed by atoms with Crippen LogP contribution in [0.25, 0.3) is 0 Å². The maximum absolute atomic E-state index is 11.2. The van der Waals surface area contributed by atoms with Crippen molar-refractivity contribution in [1.29, 1.82) is 0 Å². The van der Waals surface area contributed by atoms with Crippen LogP contribution >= 0.6 is 27.3 Å². The number of rotatable bonds is 4. The van der Waals surface area contributed by atoms with Gasteiger partial charge in [0, 0.05) is 17.7 Å². The molecule has 74 valence electrons. The first-order valence-corrected chi connectivity index (χ1v) is 5.77. The van der Waals surface area contributed by atoms with Crippen LogP contribution in [0, 0.1) is 12.3 Å². The molecule has 0 saturated heterocycles. The van der Waals surface area contributed by atoms with E-state index in [9.17, 15) is 4.79 Å². The smallest absolute Gasteiger partial charge is 0.221 e. The number of halogens is 1. The highest BCUT2D eigenvalue weighted by Gasteiger charge is 2.01. The zero-order chi connectivity index (χ0) is 10.4. The van der Waals surface area contributed by atoms with Crippen molar-refractivity contribution in [2.75, 3.05) is 0 Å². The summed E-state index contributed by atoms with van der Waals surface area (Å²) in [6, 6.07) is 3.95. The van der Waals surface area contributed by atoms with Gasteiger partial charge in [-0.05, 0) is 28.1 Å². The molecule has 1 amide bonds. The molecule has 4 heteroatoms. The van der Waals surface area contributed by atoms with Crippen LogP contribution < -0.4 is 5.32 Å². The molecule has 0 aliphatic carbocycles. The van der Waals surface area contributed by atoms with Crippen LogP contribution in [0.2, 0.25) is 0 Å². The fourth-order valence-corrected chi connectivity index (χ4v) is 2.33. The Bertz CT molecular complexity index is 353. The highest BCUT2D eigenvalue weighted by Crippen LogP contribution is 2.21. The lowest BCUT2D eigenvalue weighted by molar-refractivity contribution is -0.121. The van der Waals surface area contributed by atoms with E-state index in [1.807, 2.05) is 12.1 Å². The third-order valence-electron chi connectivity index (χ3n) is 1.59. The van der Waals surface area contributed by atoms with E-state index >= 15 is 0 Å². The first-order valence-electron chi connectivity index (χ1n) is 4.16. The van der Waals surface area contributed by atoms with Gasteiger partial charge < -0.3 is 5.32 Å². The minimum atomic E-state index is 0.00692. The molecule has 0 aliphatic heterocycles. The molecule has 0 radical (unpaired) electrons. The van der Waals surface area contributed by atoms with E-state index in [0.29, 0.717) is 19.4 Å². The van der Waals surface area contributed by atoms with Gasteiger partial charge in [-0.3, -0.25) is 4.79 Å². The standard InChI is InChI=1S/C10H10BrNOS/c1-2-3-4-10(13)12-7-8-5-6-9(11)14-8/h1,5-6H,3-4,7H2,(H,12,13). The van der Waals surface area contributed by atoms with Crippen molar-refractivity contribution < 1.29 is 4.79 Å². The maximum Gasteiger partial charge on any atom is 0.221 e. The quantitative estimate of drug-likeness (QED) is 0.838. The third kappa shape index (κ3) is 3.95. The molecule has 1 N–H and O–H groups in total. The zero-order valence-corrected chi connectivity index (χ0v) is 9.95. The van der Waals surface area contributed by atoms with Crippen LogP contribution in [0.3, 0.4) is 0 Å². The Morgan fingerprint density at radius 3 is 3.00 bits per heavy atom. The van der Waals surface area contributed by atoms with Crippen LogP contribution in [-0.2, 0) is 11.3 Å². The minimum absolute atomic E-state index is 0.00692. The number of carbonyl (C=O) groups excluding carboxylic acids is 1. The second-order valence-electron chi connectivity index (χ2n) is 2.69. The van der Waals surface area contributed by atoms with Gasteiger partial charge in [0.25, 0.3) is 0 Å². The average Bonchev–Trinajstić information content (AvgIpc) is 2.58. The van der Waals surface area contributed by atoms with E-state index in [1.54, 1.807) is 11.3 Å². The van der Waals surface area contributed by atoms with Crippen LogP contribution in [0.1, 0.15) is 17.7 Å². The number of hydrogen-bond donors (Lipinski definition) is 1. The van der Waals surface area contributed by atoms with Crippen LogP contribution in [0.4, 0.5) is 0 Å². The van der Waals surface area contributed by atoms with E-state index in [0.717, 1.165) is 8.66 Å². The van der Waals surface area contributed by atoms with Gasteiger partial charge >= 0.3 is 0 Å². The summed E-state index contributed by atoms with van der Waals surface area (Å²) in [5.41, 5.74) is 0. The molecular weight excluding hydrogens is 262 g/mol. The van der Waals surface area contributed by atoms with Gasteiger partial charge in [0.2, 0.25) is 5.91 Å². The van der Waals surface area contributed by atoms with Crippen LogP contribution in [0.15, 0.2) is 15.9 Å². The van der Waals surface area contributed by atoms with Crippen molar-refractivity contribution in [3.05, 3.63) is 20.8 Å². The summed E-state index contributed by atoms with van der Waals surface area (Å²) in [7, 11) is 0. The van der Waals surface area contributed by atoms with Gasteiger partial charge in [0.15, 0.2) is 0 Å². The second kappa shape index (κ2) is 5.84. The Labute approximate surface area is 95.8 Å². The fraction of sp³-hybridized carbons (Fsp3) is 0.300. The third-order valence-corrected chi connectivity index (χ3v) is 3.21. The maximum atomic E-state index is 11.2. The van der Waals surface area contributed by atoms with E-state index in [4.69, 9.17) is 6.42 Å². The van der Waals surface area contributed by atoms with Gasteiger partial charge in [-0.15, -0.1) is 23.7 Å². The highest BCUT2D eigenvalue weighted by molar-refractivity contribution is 9.11. The molecule has 0 unspecified atom stereocenters. The summed E-state index contributed by atoms with van der Waals surface area (Å²) in [6.45, 7) is 0.583. The lowest BCUT2D eigenvalue weighted by Gasteiger charge is -2.00. The predicted octanol–water partition coefficient (Wildman–Crippen LogP) is 2.54. The highest BCUT2D eigenvalue weighted by atomic mass is 79.9. The Balaban J connectivity index is 2.27. The Kier molecular flexibility index (Phi) is 4.71. The van der Waals surface area contributed by atoms with Crippen molar-refractivity contribution in [2.24, 2.45) is 0 Å². The Hall–Kier alpha value is -0.790. The monoisotopic (exact) mass is 271 g/mol. The molecule has 0 saturated carbocycles. The Morgan fingerprint density at radius 2 is 2.43 bits per heavy atom. The molecular formula is C10H10BrNOS. The second-order valence-corrected chi connectivity index (χ2v) is 5.23. The molecule has 0 bridgehead atoms. The molecule has 0 spiro atoms. The summed E-state index contributed by atoms with van der Waals surface area (Å²) < 4.78 is 1.07. The zero-order valence-electron chi connectivity index (χ0n) is 7.55. The molecule has 0 fully saturated rings. The Morgan fingerprint density at radius 1 is 1.64 bits per heavy atom. The molecule has 2 nitrogen and oxygen atoms in total. The number of thiophene rings is 1. The lowest BCUT2D eigenvalue weighted by atomic mass is 10.3. The fourth-order valence-electron chi connectivity index (χ4n) is 0.907. The average molecular weight is 272 g/mol. The van der Waals surface area contributed by atoms with Gasteiger partial charge in [-0.2, -0.15) is 0 Å². The summed E-state index contributed by atoms with van der Waals surface area (Å²) >= 11 is 4.98. The van der Waals surface area contributed by atoms with Gasteiger partial charge in [0.1, 0.15) is 0 Å². The molecule has 1 rings (SSSR count). The first kappa shape index (κ1) is 11.3. The summed E-state index contributed by atoms with van der Waals surface area (Å²) in [4.78, 5) is 12.3. The van der Waals surface area contributed by atoms with Crippen LogP contribution in [-0.4, -0.2) is 5.91 Å². The van der Waals surface area contributed by atoms with Gasteiger partial charge in [-0.1, -0.05) is 0 Å². The van der Waals surface area contributed by atoms with Crippen LogP contribution in [0.5, 0.6) is 0 Å². The molecule has 1 aromatic rings. The van der Waals surface area contributed by atoms with E-state index < -0.39 is 0 Å². The van der Waals surface area contributed by atoms with Crippen molar-refractivity contribution in [3.63, 3.8) is 0 Å². The first-order chi connectivity index (χ1) is 6.72. The number of carbonyl (C=O) groups is 1. The van der Waals surface area contributed by atoms with E-state index in [2.05, 4.69) is 27.2 Å². The molecule has 0 atom stereocenters. The molecule has 0 aromatic carbocycles.